The van der Waals surface area contributed by atoms with E-state index in [-0.39, 0.29) is 0 Å². The van der Waals surface area contributed by atoms with E-state index >= 15 is 0 Å². The molecule has 0 bridgehead atoms. The lowest BCUT2D eigenvalue weighted by molar-refractivity contribution is 0.173. The van der Waals surface area contributed by atoms with Gasteiger partial charge in [0.05, 0.1) is 5.02 Å². The third kappa shape index (κ3) is 2.83. The van der Waals surface area contributed by atoms with Gasteiger partial charge in [-0.25, -0.2) is 0 Å². The van der Waals surface area contributed by atoms with E-state index in [1.54, 1.807) is 32.0 Å². The molecule has 0 saturated heterocycles. The smallest absolute Gasteiger partial charge is 0.163 e. The molecule has 14 heavy (non-hydrogen) atoms. The number of hydrogen-bond acceptors (Lipinski definition) is 1. The van der Waals surface area contributed by atoms with Crippen LogP contribution in [0.1, 0.15) is 13.8 Å². The van der Waals surface area contributed by atoms with Gasteiger partial charge in [-0.05, 0) is 32.0 Å². The predicted octanol–water partition coefficient (Wildman–Crippen LogP) is 3.78. The van der Waals surface area contributed by atoms with Crippen LogP contribution >= 0.6 is 23.2 Å². The largest absolute Gasteiger partial charge is 0.474 e. The standard InChI is InChI=1S/C11H10Cl2O/c1-4-11(2,3)14-10-6-5-8(12)7-9(10)13/h1,5-7H,2-3H3. The summed E-state index contributed by atoms with van der Waals surface area (Å²) in [6.45, 7) is 3.58. The Bertz CT molecular complexity index is 377. The lowest BCUT2D eigenvalue weighted by Gasteiger charge is -2.20. The second kappa shape index (κ2) is 4.13. The molecule has 0 radical (unpaired) electrons. The molecule has 0 heterocycles. The molecule has 0 N–H and O–H groups in total. The van der Waals surface area contributed by atoms with Crippen molar-refractivity contribution in [2.75, 3.05) is 0 Å². The molecule has 0 atom stereocenters. The second-order valence-corrected chi connectivity index (χ2v) is 4.18. The zero-order chi connectivity index (χ0) is 10.8. The van der Waals surface area contributed by atoms with E-state index in [1.165, 1.54) is 0 Å². The number of ether oxygens (including phenoxy) is 1. The predicted molar refractivity (Wildman–Crippen MR) is 60.0 cm³/mol. The number of terminal acetylenes is 1. The van der Waals surface area contributed by atoms with Gasteiger partial charge < -0.3 is 4.74 Å². The fourth-order valence-corrected chi connectivity index (χ4v) is 1.31. The Morgan fingerprint density at radius 1 is 1.36 bits per heavy atom. The highest BCUT2D eigenvalue weighted by Gasteiger charge is 2.17. The van der Waals surface area contributed by atoms with Crippen LogP contribution in [0.25, 0.3) is 0 Å². The van der Waals surface area contributed by atoms with Gasteiger partial charge >= 0.3 is 0 Å². The maximum Gasteiger partial charge on any atom is 0.163 e. The number of hydrogen-bond donors (Lipinski definition) is 0. The molecule has 1 rings (SSSR count). The van der Waals surface area contributed by atoms with Crippen LogP contribution in [0.3, 0.4) is 0 Å². The van der Waals surface area contributed by atoms with Crippen LogP contribution in [0, 0.1) is 12.3 Å². The first kappa shape index (κ1) is 11.2. The van der Waals surface area contributed by atoms with Gasteiger partial charge in [-0.15, -0.1) is 6.42 Å². The van der Waals surface area contributed by atoms with Crippen molar-refractivity contribution in [3.8, 4) is 18.1 Å². The van der Waals surface area contributed by atoms with Crippen molar-refractivity contribution in [3.63, 3.8) is 0 Å². The Kier molecular flexibility index (Phi) is 3.31. The van der Waals surface area contributed by atoms with Gasteiger partial charge in [0.15, 0.2) is 5.60 Å². The Morgan fingerprint density at radius 3 is 2.50 bits per heavy atom. The van der Waals surface area contributed by atoms with E-state index in [0.717, 1.165) is 0 Å². The minimum Gasteiger partial charge on any atom is -0.474 e. The molecule has 0 aliphatic carbocycles. The zero-order valence-electron chi connectivity index (χ0n) is 7.97. The van der Waals surface area contributed by atoms with E-state index in [1.807, 2.05) is 0 Å². The van der Waals surface area contributed by atoms with E-state index in [2.05, 4.69) is 5.92 Å². The molecule has 0 saturated carbocycles. The van der Waals surface area contributed by atoms with Crippen molar-refractivity contribution >= 4 is 23.2 Å². The summed E-state index contributed by atoms with van der Waals surface area (Å²) in [6, 6.07) is 5.02. The molecular weight excluding hydrogens is 219 g/mol. The lowest BCUT2D eigenvalue weighted by atomic mass is 10.1. The minimum absolute atomic E-state index is 0.459. The quantitative estimate of drug-likeness (QED) is 0.701. The van der Waals surface area contributed by atoms with Crippen molar-refractivity contribution < 1.29 is 4.74 Å². The Labute approximate surface area is 94.0 Å². The summed E-state index contributed by atoms with van der Waals surface area (Å²) >= 11 is 11.7. The maximum atomic E-state index is 5.91. The Balaban J connectivity index is 2.94. The fraction of sp³-hybridized carbons (Fsp3) is 0.273. The van der Waals surface area contributed by atoms with Gasteiger partial charge in [-0.1, -0.05) is 29.1 Å². The van der Waals surface area contributed by atoms with Gasteiger partial charge in [-0.2, -0.15) is 0 Å². The van der Waals surface area contributed by atoms with Crippen molar-refractivity contribution in [1.82, 2.24) is 0 Å². The van der Waals surface area contributed by atoms with Crippen LogP contribution in [0.15, 0.2) is 18.2 Å². The highest BCUT2D eigenvalue weighted by Crippen LogP contribution is 2.30. The summed E-state index contributed by atoms with van der Waals surface area (Å²) in [5.41, 5.74) is -0.669. The fourth-order valence-electron chi connectivity index (χ4n) is 0.862. The van der Waals surface area contributed by atoms with Crippen LogP contribution in [0.5, 0.6) is 5.75 Å². The molecule has 1 aromatic rings. The topological polar surface area (TPSA) is 9.23 Å². The summed E-state index contributed by atoms with van der Waals surface area (Å²) in [5.74, 6) is 3.06. The van der Waals surface area contributed by atoms with Crippen LogP contribution < -0.4 is 4.74 Å². The minimum atomic E-state index is -0.669. The van der Waals surface area contributed by atoms with E-state index in [4.69, 9.17) is 34.4 Å². The maximum absolute atomic E-state index is 5.91. The van der Waals surface area contributed by atoms with Gasteiger partial charge in [0.25, 0.3) is 0 Å². The molecule has 74 valence electrons. The van der Waals surface area contributed by atoms with Crippen LogP contribution in [0.2, 0.25) is 10.0 Å². The van der Waals surface area contributed by atoms with Crippen LogP contribution in [-0.4, -0.2) is 5.60 Å². The zero-order valence-corrected chi connectivity index (χ0v) is 9.49. The van der Waals surface area contributed by atoms with E-state index < -0.39 is 5.60 Å². The lowest BCUT2D eigenvalue weighted by Crippen LogP contribution is -2.25. The molecular formula is C11H10Cl2O. The Hall–Kier alpha value is -0.840. The molecule has 0 fully saturated rings. The molecule has 0 unspecified atom stereocenters. The molecule has 1 nitrogen and oxygen atoms in total. The monoisotopic (exact) mass is 228 g/mol. The highest BCUT2D eigenvalue weighted by molar-refractivity contribution is 6.35. The van der Waals surface area contributed by atoms with Crippen molar-refractivity contribution in [2.45, 2.75) is 19.4 Å². The van der Waals surface area contributed by atoms with Crippen LogP contribution in [0.4, 0.5) is 0 Å². The SMILES string of the molecule is C#CC(C)(C)Oc1ccc(Cl)cc1Cl. The second-order valence-electron chi connectivity index (χ2n) is 3.33. The van der Waals surface area contributed by atoms with Gasteiger partial charge in [-0.3, -0.25) is 0 Å². The normalized spacial score (nSPS) is 10.8. The molecule has 0 aromatic heterocycles. The van der Waals surface area contributed by atoms with Crippen molar-refractivity contribution in [2.24, 2.45) is 0 Å². The van der Waals surface area contributed by atoms with Gasteiger partial charge in [0, 0.05) is 5.02 Å². The van der Waals surface area contributed by atoms with E-state index in [0.29, 0.717) is 15.8 Å². The summed E-state index contributed by atoms with van der Waals surface area (Å²) in [6.07, 6.45) is 5.29. The average molecular weight is 229 g/mol. The van der Waals surface area contributed by atoms with Crippen molar-refractivity contribution in [3.05, 3.63) is 28.2 Å². The number of halogens is 2. The Morgan fingerprint density at radius 2 is 2.00 bits per heavy atom. The third-order valence-electron chi connectivity index (χ3n) is 1.61. The molecule has 0 spiro atoms. The molecule has 1 aromatic carbocycles. The van der Waals surface area contributed by atoms with E-state index in [9.17, 15) is 0 Å². The van der Waals surface area contributed by atoms with Gasteiger partial charge in [0.2, 0.25) is 0 Å². The molecule has 0 aliphatic rings. The average Bonchev–Trinajstić information content (AvgIpc) is 2.10. The first-order chi connectivity index (χ1) is 6.44. The first-order valence-corrected chi connectivity index (χ1v) is 4.82. The van der Waals surface area contributed by atoms with Gasteiger partial charge in [0.1, 0.15) is 5.75 Å². The molecule has 3 heteroatoms. The summed E-state index contributed by atoms with van der Waals surface area (Å²) in [4.78, 5) is 0. The highest BCUT2D eigenvalue weighted by atomic mass is 35.5. The first-order valence-electron chi connectivity index (χ1n) is 4.06. The summed E-state index contributed by atoms with van der Waals surface area (Å²) in [7, 11) is 0. The molecule has 0 amide bonds. The summed E-state index contributed by atoms with van der Waals surface area (Å²) < 4.78 is 5.51. The molecule has 0 aliphatic heterocycles. The number of benzene rings is 1. The van der Waals surface area contributed by atoms with Crippen LogP contribution in [-0.2, 0) is 0 Å². The third-order valence-corrected chi connectivity index (χ3v) is 2.14. The summed E-state index contributed by atoms with van der Waals surface area (Å²) in [5, 5.41) is 1.03. The number of rotatable bonds is 2. The van der Waals surface area contributed by atoms with Crippen molar-refractivity contribution in [1.29, 1.82) is 0 Å².